The van der Waals surface area contributed by atoms with Gasteiger partial charge in [-0.1, -0.05) is 30.7 Å². The highest BCUT2D eigenvalue weighted by Crippen LogP contribution is 2.34. The van der Waals surface area contributed by atoms with E-state index in [0.29, 0.717) is 31.1 Å². The lowest BCUT2D eigenvalue weighted by atomic mass is 9.99. The number of piperidine rings is 1. The number of nitrogens with one attached hydrogen (secondary N) is 1. The van der Waals surface area contributed by atoms with Gasteiger partial charge in [0.15, 0.2) is 0 Å². The van der Waals surface area contributed by atoms with Crippen LogP contribution in [0.3, 0.4) is 0 Å². The minimum atomic E-state index is -3.61. The molecule has 2 aromatic rings. The van der Waals surface area contributed by atoms with Crippen LogP contribution in [0.25, 0.3) is 0 Å². The molecule has 2 heterocycles. The molecule has 0 aliphatic carbocycles. The van der Waals surface area contributed by atoms with Crippen LogP contribution in [0.4, 0.5) is 5.69 Å². The minimum Gasteiger partial charge on any atom is -0.492 e. The first-order valence-electron chi connectivity index (χ1n) is 12.3. The van der Waals surface area contributed by atoms with Crippen LogP contribution in [0.5, 0.6) is 5.75 Å². The largest absolute Gasteiger partial charge is 0.492 e. The molecule has 8 heteroatoms. The molecule has 34 heavy (non-hydrogen) atoms. The Kier molecular flexibility index (Phi) is 7.91. The van der Waals surface area contributed by atoms with Crippen LogP contribution in [0.2, 0.25) is 0 Å². The molecule has 2 aliphatic rings. The quantitative estimate of drug-likeness (QED) is 0.602. The average molecular weight is 486 g/mol. The smallest absolute Gasteiger partial charge is 0.243 e. The van der Waals surface area contributed by atoms with Crippen molar-refractivity contribution in [3.8, 4) is 5.75 Å². The summed E-state index contributed by atoms with van der Waals surface area (Å²) in [5.74, 6) is 0.305. The summed E-state index contributed by atoms with van der Waals surface area (Å²) >= 11 is 0. The number of sulfonamides is 1. The Labute approximate surface area is 203 Å². The van der Waals surface area contributed by atoms with E-state index < -0.39 is 10.0 Å². The monoisotopic (exact) mass is 485 g/mol. The standard InChI is InChI=1S/C26H35N3O4S/c1-3-33-25-14-13-21(34(31,32)29-16-7-4-8-17-29)18-23(25)27-26(30)19-28-15-9-12-24(28)22-11-6-5-10-20(22)2/h5-6,10-11,13-14,18,24H,3-4,7-9,12,15-17,19H2,1-2H3,(H,27,30). The third-order valence-electron chi connectivity index (χ3n) is 6.74. The zero-order valence-corrected chi connectivity index (χ0v) is 20.9. The van der Waals surface area contributed by atoms with Gasteiger partial charge in [0.25, 0.3) is 0 Å². The molecule has 0 bridgehead atoms. The van der Waals surface area contributed by atoms with E-state index >= 15 is 0 Å². The van der Waals surface area contributed by atoms with Gasteiger partial charge in [0, 0.05) is 19.1 Å². The molecule has 184 valence electrons. The highest BCUT2D eigenvalue weighted by Gasteiger charge is 2.30. The molecule has 2 aliphatic heterocycles. The predicted octanol–water partition coefficient (Wildman–Crippen LogP) is 4.34. The molecule has 1 atom stereocenters. The summed E-state index contributed by atoms with van der Waals surface area (Å²) in [6.07, 6.45) is 4.86. The molecule has 2 aromatic carbocycles. The normalized spacial score (nSPS) is 19.8. The SMILES string of the molecule is CCOc1ccc(S(=O)(=O)N2CCCCC2)cc1NC(=O)CN1CCCC1c1ccccc1C. The van der Waals surface area contributed by atoms with Crippen molar-refractivity contribution in [2.24, 2.45) is 0 Å². The van der Waals surface area contributed by atoms with Crippen LogP contribution in [0.15, 0.2) is 47.4 Å². The van der Waals surface area contributed by atoms with Crippen molar-refractivity contribution in [1.82, 2.24) is 9.21 Å². The number of aryl methyl sites for hydroxylation is 1. The van der Waals surface area contributed by atoms with Crippen molar-refractivity contribution in [3.63, 3.8) is 0 Å². The van der Waals surface area contributed by atoms with Crippen molar-refractivity contribution in [1.29, 1.82) is 0 Å². The van der Waals surface area contributed by atoms with Gasteiger partial charge in [-0.15, -0.1) is 0 Å². The van der Waals surface area contributed by atoms with Gasteiger partial charge in [0.05, 0.1) is 23.7 Å². The lowest BCUT2D eigenvalue weighted by Crippen LogP contribution is -2.35. The summed E-state index contributed by atoms with van der Waals surface area (Å²) in [5, 5.41) is 2.94. The first-order chi connectivity index (χ1) is 16.4. The van der Waals surface area contributed by atoms with Gasteiger partial charge in [-0.25, -0.2) is 8.42 Å². The third-order valence-corrected chi connectivity index (χ3v) is 8.63. The predicted molar refractivity (Wildman–Crippen MR) is 134 cm³/mol. The lowest BCUT2D eigenvalue weighted by molar-refractivity contribution is -0.117. The van der Waals surface area contributed by atoms with E-state index in [-0.39, 0.29) is 23.4 Å². The van der Waals surface area contributed by atoms with E-state index in [0.717, 1.165) is 38.6 Å². The summed E-state index contributed by atoms with van der Waals surface area (Å²) in [5.41, 5.74) is 2.89. The maximum Gasteiger partial charge on any atom is 0.243 e. The van der Waals surface area contributed by atoms with Gasteiger partial charge >= 0.3 is 0 Å². The number of hydrogen-bond donors (Lipinski definition) is 1. The van der Waals surface area contributed by atoms with Crippen LogP contribution in [0.1, 0.15) is 56.2 Å². The van der Waals surface area contributed by atoms with E-state index in [2.05, 4.69) is 29.3 Å². The number of carbonyl (C=O) groups is 1. The summed E-state index contributed by atoms with van der Waals surface area (Å²) < 4.78 is 33.6. The number of amides is 1. The number of hydrogen-bond acceptors (Lipinski definition) is 5. The second-order valence-electron chi connectivity index (χ2n) is 9.09. The highest BCUT2D eigenvalue weighted by atomic mass is 32.2. The Balaban J connectivity index is 1.52. The Hall–Kier alpha value is -2.42. The maximum absolute atomic E-state index is 13.2. The second kappa shape index (κ2) is 10.9. The van der Waals surface area contributed by atoms with Gasteiger partial charge < -0.3 is 10.1 Å². The van der Waals surface area contributed by atoms with Crippen LogP contribution in [-0.2, 0) is 14.8 Å². The van der Waals surface area contributed by atoms with Crippen LogP contribution in [-0.4, -0.2) is 56.3 Å². The second-order valence-corrected chi connectivity index (χ2v) is 11.0. The number of rotatable bonds is 8. The van der Waals surface area contributed by atoms with E-state index in [4.69, 9.17) is 4.74 Å². The van der Waals surface area contributed by atoms with Crippen LogP contribution >= 0.6 is 0 Å². The molecule has 2 fully saturated rings. The van der Waals surface area contributed by atoms with E-state index in [1.165, 1.54) is 21.5 Å². The van der Waals surface area contributed by atoms with Gasteiger partial charge in [-0.2, -0.15) is 4.31 Å². The zero-order valence-electron chi connectivity index (χ0n) is 20.1. The van der Waals surface area contributed by atoms with Crippen LogP contribution < -0.4 is 10.1 Å². The number of ether oxygens (including phenoxy) is 1. The van der Waals surface area contributed by atoms with Gasteiger partial charge in [-0.3, -0.25) is 9.69 Å². The topological polar surface area (TPSA) is 79.0 Å². The van der Waals surface area contributed by atoms with Crippen LogP contribution in [0, 0.1) is 6.92 Å². The van der Waals surface area contributed by atoms with Gasteiger partial charge in [0.1, 0.15) is 5.75 Å². The molecule has 0 radical (unpaired) electrons. The van der Waals surface area contributed by atoms with E-state index in [9.17, 15) is 13.2 Å². The number of nitrogens with zero attached hydrogens (tertiary/aromatic N) is 2. The molecule has 0 aromatic heterocycles. The minimum absolute atomic E-state index is 0.172. The number of carbonyl (C=O) groups excluding carboxylic acids is 1. The van der Waals surface area contributed by atoms with E-state index in [1.54, 1.807) is 12.1 Å². The van der Waals surface area contributed by atoms with Gasteiger partial charge in [-0.05, 0) is 75.4 Å². The molecule has 1 unspecified atom stereocenters. The lowest BCUT2D eigenvalue weighted by Gasteiger charge is -2.27. The van der Waals surface area contributed by atoms with Crippen molar-refractivity contribution < 1.29 is 17.9 Å². The Morgan fingerprint density at radius 2 is 1.82 bits per heavy atom. The number of benzene rings is 2. The Morgan fingerprint density at radius 1 is 1.06 bits per heavy atom. The molecule has 0 spiro atoms. The fraction of sp³-hybridized carbons (Fsp3) is 0.500. The summed E-state index contributed by atoms with van der Waals surface area (Å²) in [6.45, 7) is 6.55. The average Bonchev–Trinajstić information content (AvgIpc) is 3.28. The van der Waals surface area contributed by atoms with Crippen molar-refractivity contribution in [3.05, 3.63) is 53.6 Å². The number of likely N-dealkylation sites (tertiary alicyclic amines) is 1. The fourth-order valence-corrected chi connectivity index (χ4v) is 6.55. The summed E-state index contributed by atoms with van der Waals surface area (Å²) in [4.78, 5) is 15.5. The molecule has 1 N–H and O–H groups in total. The molecule has 7 nitrogen and oxygen atoms in total. The first kappa shape index (κ1) is 24.7. The number of anilines is 1. The molecular weight excluding hydrogens is 450 g/mol. The molecule has 1 amide bonds. The first-order valence-corrected chi connectivity index (χ1v) is 13.7. The van der Waals surface area contributed by atoms with Gasteiger partial charge in [0.2, 0.25) is 15.9 Å². The van der Waals surface area contributed by atoms with Crippen molar-refractivity contribution in [2.45, 2.75) is 56.9 Å². The third kappa shape index (κ3) is 5.45. The Morgan fingerprint density at radius 3 is 2.56 bits per heavy atom. The fourth-order valence-electron chi connectivity index (χ4n) is 5.01. The summed E-state index contributed by atoms with van der Waals surface area (Å²) in [7, 11) is -3.61. The van der Waals surface area contributed by atoms with E-state index in [1.807, 2.05) is 19.1 Å². The summed E-state index contributed by atoms with van der Waals surface area (Å²) in [6, 6.07) is 13.3. The molecular formula is C26H35N3O4S. The van der Waals surface area contributed by atoms with Crippen molar-refractivity contribution in [2.75, 3.05) is 38.1 Å². The molecule has 2 saturated heterocycles. The maximum atomic E-state index is 13.2. The zero-order chi connectivity index (χ0) is 24.1. The molecule has 4 rings (SSSR count). The Bertz CT molecular complexity index is 1110. The highest BCUT2D eigenvalue weighted by molar-refractivity contribution is 7.89. The van der Waals surface area contributed by atoms with Crippen molar-refractivity contribution >= 4 is 21.6 Å². The molecule has 0 saturated carbocycles.